The number of rotatable bonds is 5. The third kappa shape index (κ3) is 2.96. The number of halogens is 1. The van der Waals surface area contributed by atoms with Gasteiger partial charge in [0.15, 0.2) is 0 Å². The molecule has 0 radical (unpaired) electrons. The SMILES string of the molecule is Cn1c(=O)c2c(cc(NCCO)n2Cc2cccc(F)c2)n(C)c1=O. The van der Waals surface area contributed by atoms with Crippen molar-refractivity contribution in [1.82, 2.24) is 13.7 Å². The van der Waals surface area contributed by atoms with E-state index in [9.17, 15) is 14.0 Å². The van der Waals surface area contributed by atoms with Crippen LogP contribution in [0.5, 0.6) is 0 Å². The van der Waals surface area contributed by atoms with Crippen LogP contribution in [0.2, 0.25) is 0 Å². The van der Waals surface area contributed by atoms with Crippen molar-refractivity contribution in [1.29, 1.82) is 0 Å². The second kappa shape index (κ2) is 6.56. The van der Waals surface area contributed by atoms with Crippen LogP contribution in [0.4, 0.5) is 10.2 Å². The zero-order valence-corrected chi connectivity index (χ0v) is 14.0. The predicted molar refractivity (Wildman–Crippen MR) is 93.5 cm³/mol. The highest BCUT2D eigenvalue weighted by atomic mass is 19.1. The molecule has 2 heterocycles. The van der Waals surface area contributed by atoms with Gasteiger partial charge in [0, 0.05) is 33.3 Å². The first-order valence-corrected chi connectivity index (χ1v) is 7.82. The maximum absolute atomic E-state index is 13.5. The minimum Gasteiger partial charge on any atom is -0.395 e. The van der Waals surface area contributed by atoms with Gasteiger partial charge in [-0.2, -0.15) is 0 Å². The highest BCUT2D eigenvalue weighted by Crippen LogP contribution is 2.22. The average Bonchev–Trinajstić information content (AvgIpc) is 2.95. The van der Waals surface area contributed by atoms with E-state index in [1.807, 2.05) is 0 Å². The summed E-state index contributed by atoms with van der Waals surface area (Å²) in [5, 5.41) is 12.1. The van der Waals surface area contributed by atoms with Gasteiger partial charge in [0.2, 0.25) is 0 Å². The largest absolute Gasteiger partial charge is 0.395 e. The van der Waals surface area contributed by atoms with Crippen LogP contribution in [0.15, 0.2) is 39.9 Å². The number of nitrogens with zero attached hydrogens (tertiary/aromatic N) is 3. The lowest BCUT2D eigenvalue weighted by molar-refractivity contribution is 0.311. The van der Waals surface area contributed by atoms with E-state index >= 15 is 0 Å². The highest BCUT2D eigenvalue weighted by Gasteiger charge is 2.17. The molecule has 1 aromatic carbocycles. The van der Waals surface area contributed by atoms with Crippen LogP contribution in [0.1, 0.15) is 5.56 Å². The standard InChI is InChI=1S/C17H19FN4O3/c1-20-13-9-14(19-6-7-23)22(10-11-4-3-5-12(18)8-11)15(13)16(24)21(2)17(20)25/h3-5,8-9,19,23H,6-7,10H2,1-2H3. The van der Waals surface area contributed by atoms with E-state index < -0.39 is 11.2 Å². The summed E-state index contributed by atoms with van der Waals surface area (Å²) in [5.41, 5.74) is 0.653. The molecule has 0 atom stereocenters. The first-order chi connectivity index (χ1) is 11.9. The van der Waals surface area contributed by atoms with E-state index in [1.54, 1.807) is 29.8 Å². The monoisotopic (exact) mass is 346 g/mol. The minimum absolute atomic E-state index is 0.0849. The van der Waals surface area contributed by atoms with Crippen LogP contribution in [0, 0.1) is 5.82 Å². The van der Waals surface area contributed by atoms with E-state index in [-0.39, 0.29) is 25.5 Å². The summed E-state index contributed by atoms with van der Waals surface area (Å²) in [6.07, 6.45) is 0. The molecule has 0 aliphatic carbocycles. The Morgan fingerprint density at radius 2 is 1.92 bits per heavy atom. The molecule has 0 unspecified atom stereocenters. The van der Waals surface area contributed by atoms with Gasteiger partial charge in [-0.15, -0.1) is 0 Å². The Morgan fingerprint density at radius 3 is 2.60 bits per heavy atom. The molecule has 0 saturated carbocycles. The zero-order valence-electron chi connectivity index (χ0n) is 14.0. The van der Waals surface area contributed by atoms with Crippen LogP contribution < -0.4 is 16.6 Å². The summed E-state index contributed by atoms with van der Waals surface area (Å²) in [7, 11) is 3.01. The van der Waals surface area contributed by atoms with Crippen molar-refractivity contribution in [3.05, 3.63) is 62.6 Å². The van der Waals surface area contributed by atoms with Crippen molar-refractivity contribution < 1.29 is 9.50 Å². The number of hydrogen-bond donors (Lipinski definition) is 2. The van der Waals surface area contributed by atoms with Crippen LogP contribution in [0.25, 0.3) is 11.0 Å². The van der Waals surface area contributed by atoms with E-state index in [2.05, 4.69) is 5.32 Å². The third-order valence-electron chi connectivity index (χ3n) is 4.17. The quantitative estimate of drug-likeness (QED) is 0.710. The van der Waals surface area contributed by atoms with Gasteiger partial charge in [0.1, 0.15) is 17.2 Å². The Morgan fingerprint density at radius 1 is 1.16 bits per heavy atom. The Labute approximate surface area is 142 Å². The van der Waals surface area contributed by atoms with Gasteiger partial charge in [-0.05, 0) is 17.7 Å². The molecular weight excluding hydrogens is 327 g/mol. The minimum atomic E-state index is -0.424. The lowest BCUT2D eigenvalue weighted by atomic mass is 10.2. The molecule has 2 N–H and O–H groups in total. The number of anilines is 1. The summed E-state index contributed by atoms with van der Waals surface area (Å²) in [4.78, 5) is 24.8. The first kappa shape index (κ1) is 17.0. The van der Waals surface area contributed by atoms with Crippen LogP contribution in [-0.2, 0) is 20.6 Å². The Bertz CT molecular complexity index is 1050. The van der Waals surface area contributed by atoms with Crippen molar-refractivity contribution in [2.24, 2.45) is 14.1 Å². The molecule has 0 aliphatic heterocycles. The molecule has 0 aliphatic rings. The molecule has 0 bridgehead atoms. The molecule has 3 aromatic rings. The molecule has 132 valence electrons. The molecule has 2 aromatic heterocycles. The lowest BCUT2D eigenvalue weighted by Gasteiger charge is -2.12. The van der Waals surface area contributed by atoms with Crippen molar-refractivity contribution in [2.45, 2.75) is 6.54 Å². The number of nitrogens with one attached hydrogen (secondary N) is 1. The fourth-order valence-corrected chi connectivity index (χ4v) is 2.90. The van der Waals surface area contributed by atoms with Crippen molar-refractivity contribution in [2.75, 3.05) is 18.5 Å². The summed E-state index contributed by atoms with van der Waals surface area (Å²) in [6, 6.07) is 7.80. The van der Waals surface area contributed by atoms with Crippen molar-refractivity contribution >= 4 is 16.9 Å². The van der Waals surface area contributed by atoms with Gasteiger partial charge in [0.25, 0.3) is 5.56 Å². The fourth-order valence-electron chi connectivity index (χ4n) is 2.90. The Kier molecular flexibility index (Phi) is 4.45. The van der Waals surface area contributed by atoms with E-state index in [4.69, 9.17) is 5.11 Å². The van der Waals surface area contributed by atoms with Crippen LogP contribution in [-0.4, -0.2) is 32.0 Å². The van der Waals surface area contributed by atoms with Gasteiger partial charge in [0.05, 0.1) is 12.1 Å². The molecule has 0 fully saturated rings. The number of aryl methyl sites for hydroxylation is 1. The van der Waals surface area contributed by atoms with E-state index in [0.717, 1.165) is 4.57 Å². The number of aliphatic hydroxyl groups excluding tert-OH is 1. The van der Waals surface area contributed by atoms with Gasteiger partial charge >= 0.3 is 5.69 Å². The fraction of sp³-hybridized carbons (Fsp3) is 0.294. The Hall–Kier alpha value is -2.87. The molecule has 0 spiro atoms. The highest BCUT2D eigenvalue weighted by molar-refractivity contribution is 5.81. The number of aliphatic hydroxyl groups is 1. The summed E-state index contributed by atoms with van der Waals surface area (Å²) >= 11 is 0. The second-order valence-electron chi connectivity index (χ2n) is 5.84. The van der Waals surface area contributed by atoms with E-state index in [1.165, 1.54) is 23.7 Å². The summed E-state index contributed by atoms with van der Waals surface area (Å²) in [6.45, 7) is 0.453. The number of hydrogen-bond acceptors (Lipinski definition) is 4. The van der Waals surface area contributed by atoms with Gasteiger partial charge in [-0.25, -0.2) is 9.18 Å². The first-order valence-electron chi connectivity index (χ1n) is 7.82. The molecule has 3 rings (SSSR count). The molecule has 25 heavy (non-hydrogen) atoms. The number of fused-ring (bicyclic) bond motifs is 1. The van der Waals surface area contributed by atoms with Crippen LogP contribution >= 0.6 is 0 Å². The summed E-state index contributed by atoms with van der Waals surface area (Å²) < 4.78 is 17.6. The molecule has 0 amide bonds. The maximum Gasteiger partial charge on any atom is 0.331 e. The van der Waals surface area contributed by atoms with Gasteiger partial charge < -0.3 is 15.0 Å². The van der Waals surface area contributed by atoms with Crippen molar-refractivity contribution in [3.8, 4) is 0 Å². The Balaban J connectivity index is 2.26. The number of aromatic nitrogens is 3. The summed E-state index contributed by atoms with van der Waals surface area (Å²) in [5.74, 6) is 0.214. The number of benzene rings is 1. The predicted octanol–water partition coefficient (Wildman–Crippen LogP) is 0.630. The van der Waals surface area contributed by atoms with Crippen molar-refractivity contribution in [3.63, 3.8) is 0 Å². The molecule has 0 saturated heterocycles. The lowest BCUT2D eigenvalue weighted by Crippen LogP contribution is -2.37. The zero-order chi connectivity index (χ0) is 18.1. The van der Waals surface area contributed by atoms with E-state index in [0.29, 0.717) is 22.4 Å². The average molecular weight is 346 g/mol. The molecular formula is C17H19FN4O3. The topological polar surface area (TPSA) is 81.2 Å². The second-order valence-corrected chi connectivity index (χ2v) is 5.84. The smallest absolute Gasteiger partial charge is 0.331 e. The molecule has 7 nitrogen and oxygen atoms in total. The normalized spacial score (nSPS) is 11.2. The molecule has 8 heteroatoms. The maximum atomic E-state index is 13.5. The van der Waals surface area contributed by atoms with Gasteiger partial charge in [-0.3, -0.25) is 13.9 Å². The van der Waals surface area contributed by atoms with Gasteiger partial charge in [-0.1, -0.05) is 12.1 Å². The third-order valence-corrected chi connectivity index (χ3v) is 4.17. The van der Waals surface area contributed by atoms with Crippen LogP contribution in [0.3, 0.4) is 0 Å².